The summed E-state index contributed by atoms with van der Waals surface area (Å²) in [7, 11) is 0. The number of carbonyl (C=O) groups excluding carboxylic acids is 1. The van der Waals surface area contributed by atoms with Crippen molar-refractivity contribution < 1.29 is 9.18 Å². The van der Waals surface area contributed by atoms with Gasteiger partial charge in [0.25, 0.3) is 0 Å². The molecule has 1 aromatic carbocycles. The molecule has 2 rings (SSSR count). The van der Waals surface area contributed by atoms with Crippen molar-refractivity contribution in [3.8, 4) is 5.69 Å². The van der Waals surface area contributed by atoms with Crippen molar-refractivity contribution in [3.63, 3.8) is 0 Å². The highest BCUT2D eigenvalue weighted by Gasteiger charge is 2.17. The average Bonchev–Trinajstić information content (AvgIpc) is 2.96. The molecule has 0 saturated carbocycles. The van der Waals surface area contributed by atoms with Gasteiger partial charge in [-0.3, -0.25) is 4.79 Å². The first-order valence-electron chi connectivity index (χ1n) is 7.75. The molecule has 1 heterocycles. The number of hydrogen-bond donors (Lipinski definition) is 1. The van der Waals surface area contributed by atoms with Crippen molar-refractivity contribution in [3.05, 3.63) is 35.8 Å². The summed E-state index contributed by atoms with van der Waals surface area (Å²) in [5.41, 5.74) is 0.936. The van der Waals surface area contributed by atoms with E-state index in [1.54, 1.807) is 12.1 Å². The van der Waals surface area contributed by atoms with E-state index in [1.165, 1.54) is 23.7 Å². The minimum Gasteiger partial charge on any atom is -0.367 e. The number of nitrogens with zero attached hydrogens (tertiary/aromatic N) is 4. The summed E-state index contributed by atoms with van der Waals surface area (Å²) in [5.74, 6) is 0.0525. The quantitative estimate of drug-likeness (QED) is 0.757. The highest BCUT2D eigenvalue weighted by Crippen LogP contribution is 2.19. The number of halogens is 1. The number of aromatic nitrogens is 3. The zero-order valence-electron chi connectivity index (χ0n) is 13.7. The van der Waals surface area contributed by atoms with Crippen LogP contribution in [0.3, 0.4) is 0 Å². The van der Waals surface area contributed by atoms with Gasteiger partial charge in [0.2, 0.25) is 0 Å². The molecule has 0 radical (unpaired) electrons. The number of anilines is 1. The molecule has 2 aromatic rings. The molecule has 0 amide bonds. The van der Waals surface area contributed by atoms with Gasteiger partial charge in [0.05, 0.1) is 5.69 Å². The van der Waals surface area contributed by atoms with E-state index in [9.17, 15) is 9.18 Å². The first kappa shape index (κ1) is 17.1. The standard InChI is InChI=1S/C16H22FN5O/c1-4-21(5-2)11-10-18-16-15(12(3)23)19-20-22(16)14-8-6-13(17)7-9-14/h6-9,18H,4-5,10-11H2,1-3H3. The number of ketones is 1. The second kappa shape index (κ2) is 7.82. The van der Waals surface area contributed by atoms with Crippen LogP contribution in [0.2, 0.25) is 0 Å². The monoisotopic (exact) mass is 319 g/mol. The van der Waals surface area contributed by atoms with Gasteiger partial charge in [0.15, 0.2) is 17.3 Å². The van der Waals surface area contributed by atoms with Gasteiger partial charge in [-0.2, -0.15) is 4.68 Å². The number of rotatable bonds is 8. The Balaban J connectivity index is 2.23. The van der Waals surface area contributed by atoms with Gasteiger partial charge < -0.3 is 10.2 Å². The Labute approximate surface area is 135 Å². The second-order valence-corrected chi connectivity index (χ2v) is 5.18. The summed E-state index contributed by atoms with van der Waals surface area (Å²) < 4.78 is 14.6. The maximum atomic E-state index is 13.1. The van der Waals surface area contributed by atoms with Crippen molar-refractivity contribution in [2.24, 2.45) is 0 Å². The van der Waals surface area contributed by atoms with E-state index < -0.39 is 0 Å². The molecule has 7 heteroatoms. The van der Waals surface area contributed by atoms with Gasteiger partial charge in [-0.25, -0.2) is 4.39 Å². The molecule has 0 aliphatic heterocycles. The molecular weight excluding hydrogens is 297 g/mol. The molecule has 1 aromatic heterocycles. The minimum absolute atomic E-state index is 0.163. The smallest absolute Gasteiger partial charge is 0.183 e. The van der Waals surface area contributed by atoms with Crippen molar-refractivity contribution in [1.82, 2.24) is 19.9 Å². The highest BCUT2D eigenvalue weighted by atomic mass is 19.1. The topological polar surface area (TPSA) is 63.1 Å². The van der Waals surface area contributed by atoms with Crippen molar-refractivity contribution in [1.29, 1.82) is 0 Å². The maximum absolute atomic E-state index is 13.1. The predicted octanol–water partition coefficient (Wildman–Crippen LogP) is 2.36. The summed E-state index contributed by atoms with van der Waals surface area (Å²) in [4.78, 5) is 14.0. The SMILES string of the molecule is CCN(CC)CCNc1c(C(C)=O)nnn1-c1ccc(F)cc1. The molecule has 0 aliphatic carbocycles. The Kier molecular flexibility index (Phi) is 5.81. The molecule has 6 nitrogen and oxygen atoms in total. The molecule has 0 aliphatic rings. The van der Waals surface area contributed by atoms with Crippen LogP contribution in [-0.4, -0.2) is 51.9 Å². The van der Waals surface area contributed by atoms with E-state index in [4.69, 9.17) is 0 Å². The maximum Gasteiger partial charge on any atom is 0.183 e. The zero-order valence-corrected chi connectivity index (χ0v) is 13.7. The van der Waals surface area contributed by atoms with Crippen molar-refractivity contribution in [2.75, 3.05) is 31.5 Å². The lowest BCUT2D eigenvalue weighted by Crippen LogP contribution is -2.29. The Morgan fingerprint density at radius 3 is 2.48 bits per heavy atom. The Bertz CT molecular complexity index is 649. The summed E-state index contributed by atoms with van der Waals surface area (Å²) in [6, 6.07) is 5.90. The van der Waals surface area contributed by atoms with E-state index in [0.717, 1.165) is 19.6 Å². The summed E-state index contributed by atoms with van der Waals surface area (Å²) in [6.45, 7) is 9.11. The molecule has 0 unspecified atom stereocenters. The number of carbonyl (C=O) groups is 1. The molecule has 0 saturated heterocycles. The van der Waals surface area contributed by atoms with E-state index in [-0.39, 0.29) is 17.3 Å². The first-order valence-corrected chi connectivity index (χ1v) is 7.75. The third kappa shape index (κ3) is 4.13. The lowest BCUT2D eigenvalue weighted by molar-refractivity contribution is 0.101. The zero-order chi connectivity index (χ0) is 16.8. The third-order valence-electron chi connectivity index (χ3n) is 3.69. The first-order chi connectivity index (χ1) is 11.1. The Morgan fingerprint density at radius 1 is 1.26 bits per heavy atom. The van der Waals surface area contributed by atoms with Crippen LogP contribution in [0.5, 0.6) is 0 Å². The summed E-state index contributed by atoms with van der Waals surface area (Å²) >= 11 is 0. The van der Waals surface area contributed by atoms with E-state index in [2.05, 4.69) is 34.4 Å². The van der Waals surface area contributed by atoms with Crippen LogP contribution < -0.4 is 5.32 Å². The molecule has 124 valence electrons. The number of likely N-dealkylation sites (N-methyl/N-ethyl adjacent to an activating group) is 1. The van der Waals surface area contributed by atoms with Gasteiger partial charge in [-0.15, -0.1) is 5.10 Å². The number of benzene rings is 1. The molecule has 0 bridgehead atoms. The third-order valence-corrected chi connectivity index (χ3v) is 3.69. The van der Waals surface area contributed by atoms with E-state index in [1.807, 2.05) is 0 Å². The number of Topliss-reactive ketones (excluding diaryl/α,β-unsaturated/α-hetero) is 1. The summed E-state index contributed by atoms with van der Waals surface area (Å²) in [5, 5.41) is 11.2. The molecule has 0 spiro atoms. The molecule has 23 heavy (non-hydrogen) atoms. The fraction of sp³-hybridized carbons (Fsp3) is 0.438. The van der Waals surface area contributed by atoms with Gasteiger partial charge in [-0.05, 0) is 37.4 Å². The predicted molar refractivity (Wildman–Crippen MR) is 87.6 cm³/mol. The lowest BCUT2D eigenvalue weighted by Gasteiger charge is -2.18. The number of nitrogens with one attached hydrogen (secondary N) is 1. The van der Waals surface area contributed by atoms with Crippen LogP contribution in [-0.2, 0) is 0 Å². The van der Waals surface area contributed by atoms with E-state index in [0.29, 0.717) is 18.1 Å². The van der Waals surface area contributed by atoms with E-state index >= 15 is 0 Å². The Hall–Kier alpha value is -2.28. The Morgan fingerprint density at radius 2 is 1.91 bits per heavy atom. The van der Waals surface area contributed by atoms with Gasteiger partial charge in [0.1, 0.15) is 5.82 Å². The molecule has 1 N–H and O–H groups in total. The normalized spacial score (nSPS) is 11.0. The number of hydrogen-bond acceptors (Lipinski definition) is 5. The van der Waals surface area contributed by atoms with Crippen LogP contribution in [0.1, 0.15) is 31.3 Å². The van der Waals surface area contributed by atoms with Crippen LogP contribution in [0.4, 0.5) is 10.2 Å². The van der Waals surface area contributed by atoms with Crippen LogP contribution in [0.15, 0.2) is 24.3 Å². The summed E-state index contributed by atoms with van der Waals surface area (Å²) in [6.07, 6.45) is 0. The lowest BCUT2D eigenvalue weighted by atomic mass is 10.3. The molecular formula is C16H22FN5O. The largest absolute Gasteiger partial charge is 0.367 e. The van der Waals surface area contributed by atoms with Crippen molar-refractivity contribution in [2.45, 2.75) is 20.8 Å². The minimum atomic E-state index is -0.323. The second-order valence-electron chi connectivity index (χ2n) is 5.18. The van der Waals surface area contributed by atoms with Crippen LogP contribution >= 0.6 is 0 Å². The fourth-order valence-corrected chi connectivity index (χ4v) is 2.31. The van der Waals surface area contributed by atoms with Gasteiger partial charge in [0, 0.05) is 20.0 Å². The van der Waals surface area contributed by atoms with Gasteiger partial charge >= 0.3 is 0 Å². The highest BCUT2D eigenvalue weighted by molar-refractivity contribution is 5.96. The molecule has 0 atom stereocenters. The van der Waals surface area contributed by atoms with Crippen LogP contribution in [0.25, 0.3) is 5.69 Å². The molecule has 0 fully saturated rings. The fourth-order valence-electron chi connectivity index (χ4n) is 2.31. The van der Waals surface area contributed by atoms with Crippen molar-refractivity contribution >= 4 is 11.6 Å². The van der Waals surface area contributed by atoms with Gasteiger partial charge in [-0.1, -0.05) is 19.1 Å². The average molecular weight is 319 g/mol. The van der Waals surface area contributed by atoms with Crippen LogP contribution in [0, 0.1) is 5.82 Å².